The molecule has 114 valence electrons. The topological polar surface area (TPSA) is 75.2 Å². The summed E-state index contributed by atoms with van der Waals surface area (Å²) in [6, 6.07) is 9.16. The number of benzene rings is 1. The van der Waals surface area contributed by atoms with E-state index in [1.165, 1.54) is 11.3 Å². The molecule has 1 aromatic heterocycles. The maximum Gasteiger partial charge on any atom is 0.249 e. The number of aromatic nitrogens is 2. The molecule has 0 bridgehead atoms. The molecule has 7 heteroatoms. The van der Waals surface area contributed by atoms with Gasteiger partial charge in [0.05, 0.1) is 6.42 Å². The van der Waals surface area contributed by atoms with Crippen molar-refractivity contribution in [2.75, 3.05) is 11.9 Å². The summed E-state index contributed by atoms with van der Waals surface area (Å²) in [5, 5.41) is 10.7. The SMILES string of the molecule is O=C(Nc1nncs1)C1CCCN1C(=O)Cc1ccccc1. The van der Waals surface area contributed by atoms with Gasteiger partial charge in [-0.25, -0.2) is 0 Å². The molecule has 22 heavy (non-hydrogen) atoms. The standard InChI is InChI=1S/C15H16N4O2S/c20-13(9-11-5-2-1-3-6-11)19-8-4-7-12(19)14(21)17-15-18-16-10-22-15/h1-3,5-6,10,12H,4,7-9H2,(H,17,18,21). The third kappa shape index (κ3) is 3.30. The van der Waals surface area contributed by atoms with E-state index in [-0.39, 0.29) is 11.8 Å². The first kappa shape index (κ1) is 14.6. The molecule has 6 nitrogen and oxygen atoms in total. The van der Waals surface area contributed by atoms with Crippen molar-refractivity contribution < 1.29 is 9.59 Å². The predicted molar refractivity (Wildman–Crippen MR) is 83.4 cm³/mol. The molecule has 1 aliphatic rings. The second-order valence-corrected chi connectivity index (χ2v) is 5.97. The molecule has 0 saturated carbocycles. The Morgan fingerprint density at radius 3 is 2.86 bits per heavy atom. The molecule has 0 aliphatic carbocycles. The van der Waals surface area contributed by atoms with E-state index in [0.29, 0.717) is 24.5 Å². The molecule has 1 unspecified atom stereocenters. The highest BCUT2D eigenvalue weighted by Crippen LogP contribution is 2.21. The number of nitrogens with zero attached hydrogens (tertiary/aromatic N) is 3. The zero-order chi connectivity index (χ0) is 15.4. The van der Waals surface area contributed by atoms with E-state index < -0.39 is 6.04 Å². The third-order valence-electron chi connectivity index (χ3n) is 3.66. The van der Waals surface area contributed by atoms with E-state index in [1.807, 2.05) is 30.3 Å². The highest BCUT2D eigenvalue weighted by molar-refractivity contribution is 7.13. The van der Waals surface area contributed by atoms with Crippen molar-refractivity contribution in [3.63, 3.8) is 0 Å². The van der Waals surface area contributed by atoms with Gasteiger partial charge in [0.25, 0.3) is 0 Å². The van der Waals surface area contributed by atoms with Crippen LogP contribution >= 0.6 is 11.3 Å². The van der Waals surface area contributed by atoms with Crippen LogP contribution in [-0.2, 0) is 16.0 Å². The molecule has 2 heterocycles. The van der Waals surface area contributed by atoms with Gasteiger partial charge in [0.2, 0.25) is 16.9 Å². The predicted octanol–water partition coefficient (Wildman–Crippen LogP) is 1.71. The molecule has 1 saturated heterocycles. The van der Waals surface area contributed by atoms with Crippen molar-refractivity contribution in [1.29, 1.82) is 0 Å². The van der Waals surface area contributed by atoms with Gasteiger partial charge in [0.1, 0.15) is 11.6 Å². The van der Waals surface area contributed by atoms with E-state index in [0.717, 1.165) is 12.0 Å². The number of rotatable bonds is 4. The average molecular weight is 316 g/mol. The van der Waals surface area contributed by atoms with Gasteiger partial charge in [-0.2, -0.15) is 0 Å². The van der Waals surface area contributed by atoms with Gasteiger partial charge in [0.15, 0.2) is 0 Å². The number of likely N-dealkylation sites (tertiary alicyclic amines) is 1. The Kier molecular flexibility index (Phi) is 4.43. The van der Waals surface area contributed by atoms with Gasteiger partial charge in [0, 0.05) is 6.54 Å². The van der Waals surface area contributed by atoms with Crippen molar-refractivity contribution in [1.82, 2.24) is 15.1 Å². The van der Waals surface area contributed by atoms with Gasteiger partial charge in [-0.3, -0.25) is 14.9 Å². The van der Waals surface area contributed by atoms with Crippen LogP contribution in [0.2, 0.25) is 0 Å². The Morgan fingerprint density at radius 1 is 1.32 bits per heavy atom. The Morgan fingerprint density at radius 2 is 2.14 bits per heavy atom. The van der Waals surface area contributed by atoms with Crippen LogP contribution in [0.4, 0.5) is 5.13 Å². The number of hydrogen-bond acceptors (Lipinski definition) is 5. The van der Waals surface area contributed by atoms with Gasteiger partial charge in [-0.15, -0.1) is 10.2 Å². The Balaban J connectivity index is 1.64. The molecule has 0 spiro atoms. The molecular weight excluding hydrogens is 300 g/mol. The van der Waals surface area contributed by atoms with E-state index in [9.17, 15) is 9.59 Å². The van der Waals surface area contributed by atoms with E-state index in [4.69, 9.17) is 0 Å². The second-order valence-electron chi connectivity index (χ2n) is 5.14. The van der Waals surface area contributed by atoms with E-state index >= 15 is 0 Å². The molecule has 2 amide bonds. The van der Waals surface area contributed by atoms with Crippen LogP contribution in [0.1, 0.15) is 18.4 Å². The first-order chi connectivity index (χ1) is 10.7. The minimum atomic E-state index is -0.417. The highest BCUT2D eigenvalue weighted by Gasteiger charge is 2.34. The third-order valence-corrected chi connectivity index (χ3v) is 4.27. The summed E-state index contributed by atoms with van der Waals surface area (Å²) in [4.78, 5) is 26.4. The molecule has 1 N–H and O–H groups in total. The normalized spacial score (nSPS) is 17.5. The molecule has 0 radical (unpaired) electrons. The highest BCUT2D eigenvalue weighted by atomic mass is 32.1. The maximum atomic E-state index is 12.5. The fourth-order valence-corrected chi connectivity index (χ4v) is 3.07. The van der Waals surface area contributed by atoms with Gasteiger partial charge >= 0.3 is 0 Å². The Bertz CT molecular complexity index is 645. The Hall–Kier alpha value is -2.28. The fourth-order valence-electron chi connectivity index (χ4n) is 2.63. The maximum absolute atomic E-state index is 12.5. The van der Waals surface area contributed by atoms with E-state index in [1.54, 1.807) is 10.4 Å². The molecule has 2 aromatic rings. The second kappa shape index (κ2) is 6.65. The largest absolute Gasteiger partial charge is 0.330 e. The monoisotopic (exact) mass is 316 g/mol. The molecule has 1 atom stereocenters. The van der Waals surface area contributed by atoms with Crippen LogP contribution in [0.15, 0.2) is 35.8 Å². The summed E-state index contributed by atoms with van der Waals surface area (Å²) in [7, 11) is 0. The van der Waals surface area contributed by atoms with Crippen LogP contribution in [0.5, 0.6) is 0 Å². The van der Waals surface area contributed by atoms with Crippen LogP contribution in [0, 0.1) is 0 Å². The van der Waals surface area contributed by atoms with Crippen LogP contribution in [-0.4, -0.2) is 39.5 Å². The number of carbonyl (C=O) groups is 2. The van der Waals surface area contributed by atoms with Crippen LogP contribution in [0.25, 0.3) is 0 Å². The lowest BCUT2D eigenvalue weighted by molar-refractivity contribution is -0.136. The number of amides is 2. The summed E-state index contributed by atoms with van der Waals surface area (Å²) >= 11 is 1.26. The minimum Gasteiger partial charge on any atom is -0.330 e. The summed E-state index contributed by atoms with van der Waals surface area (Å²) < 4.78 is 0. The Labute approximate surface area is 132 Å². The van der Waals surface area contributed by atoms with Gasteiger partial charge in [-0.1, -0.05) is 41.7 Å². The molecule has 1 aliphatic heterocycles. The van der Waals surface area contributed by atoms with Crippen molar-refractivity contribution >= 4 is 28.3 Å². The lowest BCUT2D eigenvalue weighted by Gasteiger charge is -2.23. The number of carbonyl (C=O) groups excluding carboxylic acids is 2. The van der Waals surface area contributed by atoms with Crippen molar-refractivity contribution in [3.05, 3.63) is 41.4 Å². The number of anilines is 1. The summed E-state index contributed by atoms with van der Waals surface area (Å²) in [6.45, 7) is 0.625. The summed E-state index contributed by atoms with van der Waals surface area (Å²) in [5.74, 6) is -0.197. The van der Waals surface area contributed by atoms with Crippen LogP contribution in [0.3, 0.4) is 0 Å². The van der Waals surface area contributed by atoms with Crippen molar-refractivity contribution in [3.8, 4) is 0 Å². The van der Waals surface area contributed by atoms with Crippen LogP contribution < -0.4 is 5.32 Å². The zero-order valence-electron chi connectivity index (χ0n) is 11.9. The van der Waals surface area contributed by atoms with Crippen molar-refractivity contribution in [2.45, 2.75) is 25.3 Å². The average Bonchev–Trinajstić information content (AvgIpc) is 3.19. The van der Waals surface area contributed by atoms with E-state index in [2.05, 4.69) is 15.5 Å². The number of hydrogen-bond donors (Lipinski definition) is 1. The summed E-state index contributed by atoms with van der Waals surface area (Å²) in [5.41, 5.74) is 2.52. The molecule has 1 fully saturated rings. The molecule has 1 aromatic carbocycles. The number of nitrogens with one attached hydrogen (secondary N) is 1. The lowest BCUT2D eigenvalue weighted by atomic mass is 10.1. The van der Waals surface area contributed by atoms with Gasteiger partial charge < -0.3 is 4.90 Å². The molecular formula is C15H16N4O2S. The first-order valence-corrected chi connectivity index (χ1v) is 8.02. The summed E-state index contributed by atoms with van der Waals surface area (Å²) in [6.07, 6.45) is 1.85. The molecule has 3 rings (SSSR count). The van der Waals surface area contributed by atoms with Gasteiger partial charge in [-0.05, 0) is 18.4 Å². The zero-order valence-corrected chi connectivity index (χ0v) is 12.8. The lowest BCUT2D eigenvalue weighted by Crippen LogP contribution is -2.43. The van der Waals surface area contributed by atoms with Crippen molar-refractivity contribution in [2.24, 2.45) is 0 Å². The fraction of sp³-hybridized carbons (Fsp3) is 0.333. The first-order valence-electron chi connectivity index (χ1n) is 7.14. The minimum absolute atomic E-state index is 0.0129. The quantitative estimate of drug-likeness (QED) is 0.932. The smallest absolute Gasteiger partial charge is 0.249 e.